The molecule has 0 unspecified atom stereocenters. The predicted octanol–water partition coefficient (Wildman–Crippen LogP) is 3.33. The SMILES string of the molecule is CC[C@@H](Nc1c(Nc2cccc(C(=O)N3CCCC3)c2O)c(=O)n(C)n(C)c1=O)c1ccccc1. The van der Waals surface area contributed by atoms with Crippen molar-refractivity contribution in [2.45, 2.75) is 32.2 Å². The lowest BCUT2D eigenvalue weighted by molar-refractivity contribution is 0.0790. The molecule has 1 saturated heterocycles. The summed E-state index contributed by atoms with van der Waals surface area (Å²) in [7, 11) is 3.02. The van der Waals surface area contributed by atoms with Gasteiger partial charge in [0, 0.05) is 27.2 Å². The highest BCUT2D eigenvalue weighted by Gasteiger charge is 2.25. The number of phenolic OH excluding ortho intramolecular Hbond substituents is 1. The lowest BCUT2D eigenvalue weighted by atomic mass is 10.0. The molecule has 0 bridgehead atoms. The Morgan fingerprint density at radius 3 is 2.20 bits per heavy atom. The molecule has 3 aromatic rings. The minimum atomic E-state index is -0.451. The van der Waals surface area contributed by atoms with E-state index >= 15 is 0 Å². The van der Waals surface area contributed by atoms with Gasteiger partial charge in [-0.2, -0.15) is 0 Å². The summed E-state index contributed by atoms with van der Waals surface area (Å²) < 4.78 is 2.44. The summed E-state index contributed by atoms with van der Waals surface area (Å²) in [6, 6.07) is 14.2. The molecule has 2 heterocycles. The van der Waals surface area contributed by atoms with E-state index in [2.05, 4.69) is 10.6 Å². The second kappa shape index (κ2) is 10.1. The lowest BCUT2D eigenvalue weighted by Crippen LogP contribution is -2.38. The summed E-state index contributed by atoms with van der Waals surface area (Å²) in [4.78, 5) is 41.1. The zero-order valence-electron chi connectivity index (χ0n) is 20.2. The Labute approximate surface area is 203 Å². The van der Waals surface area contributed by atoms with Crippen LogP contribution in [0, 0.1) is 0 Å². The number of anilines is 3. The summed E-state index contributed by atoms with van der Waals surface area (Å²) in [5, 5.41) is 17.1. The van der Waals surface area contributed by atoms with E-state index in [0.29, 0.717) is 19.5 Å². The highest BCUT2D eigenvalue weighted by atomic mass is 16.3. The Morgan fingerprint density at radius 1 is 0.943 bits per heavy atom. The zero-order valence-corrected chi connectivity index (χ0v) is 20.2. The fourth-order valence-electron chi connectivity index (χ4n) is 4.38. The second-order valence-electron chi connectivity index (χ2n) is 8.75. The molecule has 1 aromatic heterocycles. The van der Waals surface area contributed by atoms with Gasteiger partial charge in [0.25, 0.3) is 17.0 Å². The van der Waals surface area contributed by atoms with Crippen LogP contribution in [0.15, 0.2) is 58.1 Å². The molecule has 4 rings (SSSR count). The van der Waals surface area contributed by atoms with E-state index in [1.165, 1.54) is 23.5 Å². The number of likely N-dealkylation sites (tertiary alicyclic amines) is 1. The van der Waals surface area contributed by atoms with Crippen LogP contribution in [-0.2, 0) is 14.1 Å². The first-order valence-electron chi connectivity index (χ1n) is 11.8. The van der Waals surface area contributed by atoms with Gasteiger partial charge in [-0.3, -0.25) is 14.4 Å². The number of para-hydroxylation sites is 1. The van der Waals surface area contributed by atoms with Crippen molar-refractivity contribution >= 4 is 23.0 Å². The number of amides is 1. The molecule has 3 N–H and O–H groups in total. The fourth-order valence-corrected chi connectivity index (χ4v) is 4.38. The van der Waals surface area contributed by atoms with Crippen LogP contribution in [0.5, 0.6) is 5.75 Å². The molecular formula is C26H31N5O4. The molecule has 35 heavy (non-hydrogen) atoms. The van der Waals surface area contributed by atoms with E-state index in [1.54, 1.807) is 23.1 Å². The number of aromatic hydroxyl groups is 1. The number of carbonyl (C=O) groups is 1. The molecule has 2 aromatic carbocycles. The van der Waals surface area contributed by atoms with Gasteiger partial charge < -0.3 is 20.6 Å². The number of aromatic nitrogens is 2. The predicted molar refractivity (Wildman–Crippen MR) is 137 cm³/mol. The number of benzene rings is 2. The molecule has 184 valence electrons. The maximum atomic E-state index is 13.3. The topological polar surface area (TPSA) is 109 Å². The number of carbonyl (C=O) groups excluding carboxylic acids is 1. The average Bonchev–Trinajstić information content (AvgIpc) is 3.42. The van der Waals surface area contributed by atoms with Crippen LogP contribution in [-0.4, -0.2) is 38.4 Å². The third kappa shape index (κ3) is 4.66. The molecule has 1 amide bonds. The Morgan fingerprint density at radius 2 is 1.57 bits per heavy atom. The average molecular weight is 478 g/mol. The van der Waals surface area contributed by atoms with E-state index in [1.807, 2.05) is 37.3 Å². The molecule has 0 radical (unpaired) electrons. The van der Waals surface area contributed by atoms with E-state index < -0.39 is 11.1 Å². The largest absolute Gasteiger partial charge is 0.505 e. The van der Waals surface area contributed by atoms with Crippen molar-refractivity contribution in [1.82, 2.24) is 14.3 Å². The minimum absolute atomic E-state index is 0.00560. The van der Waals surface area contributed by atoms with Crippen LogP contribution in [0.1, 0.15) is 48.1 Å². The standard InChI is InChI=1S/C26H31N5O4/c1-4-19(17-11-6-5-7-12-17)27-21-22(26(35)30(3)29(2)25(21)34)28-20-14-10-13-18(23(20)32)24(33)31-15-8-9-16-31/h5-7,10-14,19,27-28,32H,4,8-9,15-16H2,1-3H3/t19-/m1/s1. The molecule has 0 aliphatic carbocycles. The van der Waals surface area contributed by atoms with Crippen molar-refractivity contribution in [2.75, 3.05) is 23.7 Å². The number of nitrogens with zero attached hydrogens (tertiary/aromatic N) is 3. The zero-order chi connectivity index (χ0) is 25.1. The summed E-state index contributed by atoms with van der Waals surface area (Å²) >= 11 is 0. The van der Waals surface area contributed by atoms with Gasteiger partial charge in [0.2, 0.25) is 0 Å². The monoisotopic (exact) mass is 477 g/mol. The van der Waals surface area contributed by atoms with E-state index in [-0.39, 0.29) is 40.3 Å². The third-order valence-corrected chi connectivity index (χ3v) is 6.56. The van der Waals surface area contributed by atoms with Crippen LogP contribution in [0.25, 0.3) is 0 Å². The number of rotatable bonds is 7. The minimum Gasteiger partial charge on any atom is -0.505 e. The Hall–Kier alpha value is -4.01. The second-order valence-corrected chi connectivity index (χ2v) is 8.75. The van der Waals surface area contributed by atoms with Crippen molar-refractivity contribution in [3.05, 3.63) is 80.4 Å². The van der Waals surface area contributed by atoms with Gasteiger partial charge in [-0.05, 0) is 37.0 Å². The van der Waals surface area contributed by atoms with Gasteiger partial charge in [0.05, 0.1) is 17.3 Å². The molecule has 9 heteroatoms. The molecule has 1 aliphatic rings. The normalized spacial score (nSPS) is 14.1. The van der Waals surface area contributed by atoms with Crippen molar-refractivity contribution in [2.24, 2.45) is 14.1 Å². The molecule has 9 nitrogen and oxygen atoms in total. The first kappa shape index (κ1) is 24.1. The van der Waals surface area contributed by atoms with Crippen molar-refractivity contribution in [3.8, 4) is 5.75 Å². The summed E-state index contributed by atoms with van der Waals surface area (Å²) in [6.45, 7) is 3.29. The first-order valence-corrected chi connectivity index (χ1v) is 11.8. The van der Waals surface area contributed by atoms with Crippen LogP contribution in [0.4, 0.5) is 17.1 Å². The summed E-state index contributed by atoms with van der Waals surface area (Å²) in [6.07, 6.45) is 2.54. The van der Waals surface area contributed by atoms with Gasteiger partial charge in [-0.1, -0.05) is 43.3 Å². The van der Waals surface area contributed by atoms with Crippen LogP contribution in [0.3, 0.4) is 0 Å². The Kier molecular flexibility index (Phi) is 6.95. The maximum absolute atomic E-state index is 13.3. The Bertz CT molecular complexity index is 1340. The summed E-state index contributed by atoms with van der Waals surface area (Å²) in [5.41, 5.74) is 0.567. The third-order valence-electron chi connectivity index (χ3n) is 6.56. The van der Waals surface area contributed by atoms with Crippen molar-refractivity contribution in [3.63, 3.8) is 0 Å². The smallest absolute Gasteiger partial charge is 0.290 e. The van der Waals surface area contributed by atoms with Gasteiger partial charge in [-0.15, -0.1) is 0 Å². The number of hydrogen-bond acceptors (Lipinski definition) is 6. The summed E-state index contributed by atoms with van der Waals surface area (Å²) in [5.74, 6) is -0.512. The fraction of sp³-hybridized carbons (Fsp3) is 0.346. The molecule has 0 saturated carbocycles. The van der Waals surface area contributed by atoms with E-state index in [9.17, 15) is 19.5 Å². The highest BCUT2D eigenvalue weighted by molar-refractivity contribution is 5.99. The van der Waals surface area contributed by atoms with Gasteiger partial charge in [0.15, 0.2) is 5.75 Å². The van der Waals surface area contributed by atoms with Crippen LogP contribution >= 0.6 is 0 Å². The molecule has 1 fully saturated rings. The lowest BCUT2D eigenvalue weighted by Gasteiger charge is -2.23. The van der Waals surface area contributed by atoms with Crippen molar-refractivity contribution in [1.29, 1.82) is 0 Å². The van der Waals surface area contributed by atoms with Gasteiger partial charge in [0.1, 0.15) is 11.4 Å². The van der Waals surface area contributed by atoms with Crippen molar-refractivity contribution < 1.29 is 9.90 Å². The first-order chi connectivity index (χ1) is 16.8. The highest BCUT2D eigenvalue weighted by Crippen LogP contribution is 2.33. The molecule has 1 aliphatic heterocycles. The van der Waals surface area contributed by atoms with Gasteiger partial charge in [-0.25, -0.2) is 9.36 Å². The molecule has 1 atom stereocenters. The Balaban J connectivity index is 1.76. The molecular weight excluding hydrogens is 446 g/mol. The van der Waals surface area contributed by atoms with Crippen LogP contribution in [0.2, 0.25) is 0 Å². The van der Waals surface area contributed by atoms with Crippen LogP contribution < -0.4 is 21.8 Å². The quantitative estimate of drug-likeness (QED) is 0.451. The number of hydrogen-bond donors (Lipinski definition) is 3. The van der Waals surface area contributed by atoms with E-state index in [4.69, 9.17) is 0 Å². The number of phenols is 1. The molecule has 0 spiro atoms. The van der Waals surface area contributed by atoms with E-state index in [0.717, 1.165) is 18.4 Å². The maximum Gasteiger partial charge on any atom is 0.290 e. The number of nitrogens with one attached hydrogen (secondary N) is 2. The van der Waals surface area contributed by atoms with Gasteiger partial charge >= 0.3 is 0 Å².